The zero-order valence-electron chi connectivity index (χ0n) is 26.6. The molecule has 2 atom stereocenters. The summed E-state index contributed by atoms with van der Waals surface area (Å²) in [4.78, 5) is 45.8. The van der Waals surface area contributed by atoms with Crippen molar-refractivity contribution < 1.29 is 19.2 Å². The Morgan fingerprint density at radius 3 is 1.21 bits per heavy atom. The lowest BCUT2D eigenvalue weighted by Crippen LogP contribution is -2.34. The van der Waals surface area contributed by atoms with E-state index in [9.17, 15) is 19.2 Å². The molecule has 0 aromatic rings. The Kier molecular flexibility index (Phi) is 27.8. The van der Waals surface area contributed by atoms with E-state index in [1.807, 2.05) is 0 Å². The van der Waals surface area contributed by atoms with Crippen LogP contribution in [0.1, 0.15) is 117 Å². The van der Waals surface area contributed by atoms with Gasteiger partial charge in [-0.15, -0.1) is 0 Å². The summed E-state index contributed by atoms with van der Waals surface area (Å²) in [6, 6.07) is -0.0217. The molecular formula is C32H58N4O4S2. The van der Waals surface area contributed by atoms with Crippen molar-refractivity contribution >= 4 is 45.2 Å². The van der Waals surface area contributed by atoms with Crippen molar-refractivity contribution in [1.82, 2.24) is 21.3 Å². The second kappa shape index (κ2) is 29.1. The van der Waals surface area contributed by atoms with E-state index in [-0.39, 0.29) is 35.7 Å². The third-order valence-corrected chi connectivity index (χ3v) is 9.17. The number of amides is 4. The van der Waals surface area contributed by atoms with Gasteiger partial charge in [-0.1, -0.05) is 97.3 Å². The predicted octanol–water partition coefficient (Wildman–Crippen LogP) is 6.22. The summed E-state index contributed by atoms with van der Waals surface area (Å²) in [6.45, 7) is 3.10. The van der Waals surface area contributed by atoms with E-state index in [2.05, 4.69) is 45.6 Å². The Balaban J connectivity index is 4.18. The van der Waals surface area contributed by atoms with E-state index < -0.39 is 0 Å². The third kappa shape index (κ3) is 28.2. The molecule has 0 aromatic carbocycles. The molecule has 0 saturated carbocycles. The summed E-state index contributed by atoms with van der Waals surface area (Å²) in [5.41, 5.74) is 0. The first kappa shape index (κ1) is 40.1. The van der Waals surface area contributed by atoms with Gasteiger partial charge >= 0.3 is 0 Å². The third-order valence-electron chi connectivity index (χ3n) is 6.70. The first-order chi connectivity index (χ1) is 20.3. The van der Waals surface area contributed by atoms with Crippen LogP contribution in [0.2, 0.25) is 0 Å². The SMILES string of the molecule is CNC(=O)CCCCCCCCC=CC(CSSC[C@@H](C=CCCCCCCCCC(=O)NC)NC(C)=O)NC(C)=O. The van der Waals surface area contributed by atoms with Crippen LogP contribution in [0.25, 0.3) is 0 Å². The molecule has 0 saturated heterocycles. The van der Waals surface area contributed by atoms with Crippen molar-refractivity contribution in [3.05, 3.63) is 24.3 Å². The molecule has 1 unspecified atom stereocenters. The zero-order valence-corrected chi connectivity index (χ0v) is 28.3. The molecule has 4 N–H and O–H groups in total. The van der Waals surface area contributed by atoms with Gasteiger partial charge in [0.05, 0.1) is 12.1 Å². The van der Waals surface area contributed by atoms with Gasteiger partial charge in [0.2, 0.25) is 23.6 Å². The number of carbonyl (C=O) groups excluding carboxylic acids is 4. The number of nitrogens with one attached hydrogen (secondary N) is 4. The van der Waals surface area contributed by atoms with Gasteiger partial charge in [0, 0.05) is 52.3 Å². The minimum Gasteiger partial charge on any atom is -0.359 e. The number of hydrogen-bond acceptors (Lipinski definition) is 6. The van der Waals surface area contributed by atoms with E-state index in [4.69, 9.17) is 0 Å². The predicted molar refractivity (Wildman–Crippen MR) is 180 cm³/mol. The summed E-state index contributed by atoms with van der Waals surface area (Å²) in [6.07, 6.45) is 25.2. The van der Waals surface area contributed by atoms with Crippen LogP contribution in [-0.2, 0) is 19.2 Å². The van der Waals surface area contributed by atoms with Crippen LogP contribution >= 0.6 is 21.6 Å². The van der Waals surface area contributed by atoms with Crippen molar-refractivity contribution in [1.29, 1.82) is 0 Å². The number of hydrogen-bond donors (Lipinski definition) is 4. The molecular weight excluding hydrogens is 569 g/mol. The fourth-order valence-corrected chi connectivity index (χ4v) is 6.67. The van der Waals surface area contributed by atoms with Crippen LogP contribution in [0.15, 0.2) is 24.3 Å². The summed E-state index contributed by atoms with van der Waals surface area (Å²) in [5, 5.41) is 11.4. The quantitative estimate of drug-likeness (QED) is 0.0489. The van der Waals surface area contributed by atoms with Gasteiger partial charge in [-0.3, -0.25) is 19.2 Å². The molecule has 0 aromatic heterocycles. The maximum Gasteiger partial charge on any atom is 0.219 e. The summed E-state index contributed by atoms with van der Waals surface area (Å²) >= 11 is 0. The van der Waals surface area contributed by atoms with Crippen LogP contribution in [0.4, 0.5) is 0 Å². The molecule has 8 nitrogen and oxygen atoms in total. The van der Waals surface area contributed by atoms with E-state index in [0.29, 0.717) is 12.8 Å². The minimum absolute atomic E-state index is 0.0109. The Morgan fingerprint density at radius 1 is 0.548 bits per heavy atom. The minimum atomic E-state index is -0.0324. The fraction of sp³-hybridized carbons (Fsp3) is 0.750. The highest BCUT2D eigenvalue weighted by Gasteiger charge is 2.10. The first-order valence-electron chi connectivity index (χ1n) is 15.8. The van der Waals surface area contributed by atoms with Crippen LogP contribution in [-0.4, -0.2) is 61.3 Å². The lowest BCUT2D eigenvalue weighted by molar-refractivity contribution is -0.121. The van der Waals surface area contributed by atoms with Gasteiger partial charge < -0.3 is 21.3 Å². The van der Waals surface area contributed by atoms with Crippen LogP contribution in [0, 0.1) is 0 Å². The second-order valence-corrected chi connectivity index (χ2v) is 13.3. The standard InChI is InChI=1S/C32H58N4O4S2/c1-27(37)35-29(21-17-13-9-5-7-11-15-19-23-31(39)33-3)25-41-42-26-30(36-28(2)38)22-18-14-10-6-8-12-16-20-24-32(40)34-4/h17-18,21-22,29-30H,5-16,19-20,23-26H2,1-4H3,(H,33,39)(H,34,40)(H,35,37)(H,36,38)/t29-,30?/m1/s1. The number of allylic oxidation sites excluding steroid dienone is 2. The number of rotatable bonds is 27. The highest BCUT2D eigenvalue weighted by molar-refractivity contribution is 8.76. The fourth-order valence-electron chi connectivity index (χ4n) is 4.34. The van der Waals surface area contributed by atoms with Gasteiger partial charge in [-0.05, 0) is 38.5 Å². The topological polar surface area (TPSA) is 116 Å². The van der Waals surface area contributed by atoms with Crippen LogP contribution < -0.4 is 21.3 Å². The maximum atomic E-state index is 11.7. The molecule has 0 aliphatic rings. The highest BCUT2D eigenvalue weighted by Crippen LogP contribution is 2.24. The van der Waals surface area contributed by atoms with E-state index in [1.54, 1.807) is 49.5 Å². The number of unbranched alkanes of at least 4 members (excludes halogenated alkanes) is 12. The average molecular weight is 627 g/mol. The largest absolute Gasteiger partial charge is 0.359 e. The van der Waals surface area contributed by atoms with E-state index in [1.165, 1.54) is 38.5 Å². The van der Waals surface area contributed by atoms with Crippen molar-refractivity contribution in [2.75, 3.05) is 25.6 Å². The zero-order chi connectivity index (χ0) is 31.3. The van der Waals surface area contributed by atoms with Crippen molar-refractivity contribution in [3.63, 3.8) is 0 Å². The van der Waals surface area contributed by atoms with Crippen molar-refractivity contribution in [2.45, 2.75) is 129 Å². The average Bonchev–Trinajstić information content (AvgIpc) is 2.95. The molecule has 0 spiro atoms. The molecule has 0 heterocycles. The molecule has 4 amide bonds. The van der Waals surface area contributed by atoms with Crippen molar-refractivity contribution in [3.8, 4) is 0 Å². The second-order valence-electron chi connectivity index (χ2n) is 10.7. The lowest BCUT2D eigenvalue weighted by Gasteiger charge is -2.16. The smallest absolute Gasteiger partial charge is 0.219 e. The first-order valence-corrected chi connectivity index (χ1v) is 18.3. The molecule has 242 valence electrons. The normalized spacial score (nSPS) is 12.8. The molecule has 0 aliphatic carbocycles. The summed E-state index contributed by atoms with van der Waals surface area (Å²) < 4.78 is 0. The lowest BCUT2D eigenvalue weighted by atomic mass is 10.1. The van der Waals surface area contributed by atoms with Crippen molar-refractivity contribution in [2.24, 2.45) is 0 Å². The Labute approximate surface area is 263 Å². The Bertz CT molecular complexity index is 728. The highest BCUT2D eigenvalue weighted by atomic mass is 33.1. The molecule has 0 bridgehead atoms. The van der Waals surface area contributed by atoms with Gasteiger partial charge in [0.25, 0.3) is 0 Å². The van der Waals surface area contributed by atoms with Gasteiger partial charge in [0.1, 0.15) is 0 Å². The van der Waals surface area contributed by atoms with Gasteiger partial charge in [0.15, 0.2) is 0 Å². The number of carbonyl (C=O) groups is 4. The van der Waals surface area contributed by atoms with Gasteiger partial charge in [-0.2, -0.15) is 0 Å². The Hall–Kier alpha value is -1.94. The molecule has 42 heavy (non-hydrogen) atoms. The molecule has 0 fully saturated rings. The summed E-state index contributed by atoms with van der Waals surface area (Å²) in [7, 11) is 6.79. The van der Waals surface area contributed by atoms with Crippen LogP contribution in [0.5, 0.6) is 0 Å². The molecule has 0 radical (unpaired) electrons. The summed E-state index contributed by atoms with van der Waals surface area (Å²) in [5.74, 6) is 1.72. The molecule has 0 rings (SSSR count). The monoisotopic (exact) mass is 626 g/mol. The Morgan fingerprint density at radius 2 is 0.881 bits per heavy atom. The molecule has 0 aliphatic heterocycles. The molecule has 10 heteroatoms. The van der Waals surface area contributed by atoms with E-state index in [0.717, 1.165) is 62.9 Å². The van der Waals surface area contributed by atoms with Crippen LogP contribution in [0.3, 0.4) is 0 Å². The van der Waals surface area contributed by atoms with E-state index >= 15 is 0 Å². The van der Waals surface area contributed by atoms with Gasteiger partial charge in [-0.25, -0.2) is 0 Å². The maximum absolute atomic E-state index is 11.7.